The summed E-state index contributed by atoms with van der Waals surface area (Å²) in [5, 5.41) is 13.7. The van der Waals surface area contributed by atoms with Gasteiger partial charge in [-0.3, -0.25) is 0 Å². The van der Waals surface area contributed by atoms with Crippen molar-refractivity contribution in [1.82, 2.24) is 0 Å². The highest BCUT2D eigenvalue weighted by Gasteiger charge is 2.40. The first-order valence-electron chi connectivity index (χ1n) is 4.85. The second kappa shape index (κ2) is 3.50. The maximum Gasteiger partial charge on any atom is 0.135 e. The van der Waals surface area contributed by atoms with Gasteiger partial charge in [0.25, 0.3) is 0 Å². The predicted molar refractivity (Wildman–Crippen MR) is 50.5 cm³/mol. The van der Waals surface area contributed by atoms with E-state index in [0.717, 1.165) is 18.6 Å². The molecule has 1 saturated carbocycles. The van der Waals surface area contributed by atoms with Crippen LogP contribution in [0.25, 0.3) is 0 Å². The van der Waals surface area contributed by atoms with Crippen molar-refractivity contribution in [3.63, 3.8) is 0 Å². The Morgan fingerprint density at radius 2 is 2.54 bits per heavy atom. The lowest BCUT2D eigenvalue weighted by atomic mass is 9.95. The van der Waals surface area contributed by atoms with Crippen molar-refractivity contribution in [3.05, 3.63) is 12.7 Å². The first kappa shape index (κ1) is 8.75. The fraction of sp³-hybridized carbons (Fsp3) is 0.700. The molecule has 0 aromatic carbocycles. The summed E-state index contributed by atoms with van der Waals surface area (Å²) in [6.45, 7) is 3.60. The molecule has 13 heavy (non-hydrogen) atoms. The molecular formula is C10H15NO2. The van der Waals surface area contributed by atoms with Gasteiger partial charge in [0, 0.05) is 5.92 Å². The van der Waals surface area contributed by atoms with E-state index in [2.05, 4.69) is 11.7 Å². The number of aliphatic hydroxyl groups excluding tert-OH is 1. The summed E-state index contributed by atoms with van der Waals surface area (Å²) in [4.78, 5) is 5.25. The summed E-state index contributed by atoms with van der Waals surface area (Å²) < 4.78 is 0. The number of aliphatic hydroxyl groups is 1. The summed E-state index contributed by atoms with van der Waals surface area (Å²) in [7, 11) is 0. The van der Waals surface area contributed by atoms with Crippen molar-refractivity contribution in [3.8, 4) is 0 Å². The third-order valence-electron chi connectivity index (χ3n) is 2.86. The number of hydrogen-bond acceptors (Lipinski definition) is 3. The van der Waals surface area contributed by atoms with Gasteiger partial charge < -0.3 is 9.94 Å². The van der Waals surface area contributed by atoms with Crippen molar-refractivity contribution in [1.29, 1.82) is 0 Å². The van der Waals surface area contributed by atoms with Crippen molar-refractivity contribution >= 4 is 5.71 Å². The molecule has 0 saturated heterocycles. The van der Waals surface area contributed by atoms with Gasteiger partial charge in [-0.25, -0.2) is 0 Å². The van der Waals surface area contributed by atoms with Gasteiger partial charge in [-0.1, -0.05) is 11.2 Å². The molecule has 3 nitrogen and oxygen atoms in total. The molecule has 1 N–H and O–H groups in total. The molecule has 2 aliphatic rings. The number of hydrogen-bond donors (Lipinski definition) is 1. The summed E-state index contributed by atoms with van der Waals surface area (Å²) in [5.41, 5.74) is 0.836. The first-order chi connectivity index (χ1) is 6.33. The molecule has 1 heterocycles. The molecule has 0 radical (unpaired) electrons. The molecule has 3 heteroatoms. The van der Waals surface area contributed by atoms with Gasteiger partial charge in [0.05, 0.1) is 11.8 Å². The molecular weight excluding hydrogens is 166 g/mol. The van der Waals surface area contributed by atoms with Crippen LogP contribution < -0.4 is 0 Å². The second-order valence-corrected chi connectivity index (χ2v) is 3.74. The maximum atomic E-state index is 9.71. The van der Waals surface area contributed by atoms with Gasteiger partial charge in [-0.05, 0) is 25.7 Å². The summed E-state index contributed by atoms with van der Waals surface area (Å²) >= 11 is 0. The zero-order valence-corrected chi connectivity index (χ0v) is 7.65. The molecule has 0 bridgehead atoms. The Morgan fingerprint density at radius 3 is 3.31 bits per heavy atom. The molecule has 72 valence electrons. The number of oxime groups is 1. The Morgan fingerprint density at radius 1 is 1.69 bits per heavy atom. The Bertz CT molecular complexity index is 237. The zero-order valence-electron chi connectivity index (χ0n) is 7.65. The standard InChI is InChI=1S/C10H15NO2/c1-2-4-8(12)10-7-5-3-6-9(7)13-11-10/h2,7-9,12H,1,3-6H2/t7-,8+,9+/m1/s1. The zero-order chi connectivity index (χ0) is 9.26. The smallest absolute Gasteiger partial charge is 0.135 e. The topological polar surface area (TPSA) is 41.8 Å². The Labute approximate surface area is 78.1 Å². The monoisotopic (exact) mass is 181 g/mol. The predicted octanol–water partition coefficient (Wildman–Crippen LogP) is 1.48. The van der Waals surface area contributed by atoms with Gasteiger partial charge in [-0.15, -0.1) is 6.58 Å². The van der Waals surface area contributed by atoms with E-state index in [9.17, 15) is 5.11 Å². The molecule has 2 rings (SSSR count). The molecule has 1 fully saturated rings. The molecule has 3 atom stereocenters. The van der Waals surface area contributed by atoms with E-state index >= 15 is 0 Å². The quantitative estimate of drug-likeness (QED) is 0.670. The highest BCUT2D eigenvalue weighted by atomic mass is 16.6. The fourth-order valence-corrected chi connectivity index (χ4v) is 2.17. The summed E-state index contributed by atoms with van der Waals surface area (Å²) in [6, 6.07) is 0. The van der Waals surface area contributed by atoms with E-state index in [-0.39, 0.29) is 6.10 Å². The highest BCUT2D eigenvalue weighted by Crippen LogP contribution is 2.35. The number of nitrogens with zero attached hydrogens (tertiary/aromatic N) is 1. The summed E-state index contributed by atoms with van der Waals surface area (Å²) in [6.07, 6.45) is 5.44. The molecule has 0 aromatic heterocycles. The van der Waals surface area contributed by atoms with Crippen LogP contribution in [0.5, 0.6) is 0 Å². The van der Waals surface area contributed by atoms with Crippen LogP contribution in [0, 0.1) is 5.92 Å². The second-order valence-electron chi connectivity index (χ2n) is 3.74. The normalized spacial score (nSPS) is 33.5. The molecule has 1 aliphatic carbocycles. The van der Waals surface area contributed by atoms with E-state index < -0.39 is 6.10 Å². The SMILES string of the molecule is C=CC[C@H](O)C1=NO[C@H]2CCC[C@@H]12. The minimum absolute atomic E-state index is 0.245. The van der Waals surface area contributed by atoms with Gasteiger partial charge in [0.2, 0.25) is 0 Å². The highest BCUT2D eigenvalue weighted by molar-refractivity contribution is 5.92. The molecule has 0 aromatic rings. The largest absolute Gasteiger partial charge is 0.392 e. The molecule has 0 unspecified atom stereocenters. The Hall–Kier alpha value is -0.830. The molecule has 0 amide bonds. The average molecular weight is 181 g/mol. The summed E-state index contributed by atoms with van der Waals surface area (Å²) in [5.74, 6) is 0.370. The van der Waals surface area contributed by atoms with Gasteiger partial charge in [0.15, 0.2) is 0 Å². The van der Waals surface area contributed by atoms with Crippen LogP contribution in [0.2, 0.25) is 0 Å². The van der Waals surface area contributed by atoms with Crippen LogP contribution in [-0.4, -0.2) is 23.0 Å². The third-order valence-corrected chi connectivity index (χ3v) is 2.86. The van der Waals surface area contributed by atoms with Gasteiger partial charge in [-0.2, -0.15) is 0 Å². The van der Waals surface area contributed by atoms with Gasteiger partial charge in [0.1, 0.15) is 6.10 Å². The van der Waals surface area contributed by atoms with E-state index in [1.54, 1.807) is 6.08 Å². The fourth-order valence-electron chi connectivity index (χ4n) is 2.17. The van der Waals surface area contributed by atoms with Gasteiger partial charge >= 0.3 is 0 Å². The van der Waals surface area contributed by atoms with Crippen molar-refractivity contribution < 1.29 is 9.94 Å². The van der Waals surface area contributed by atoms with Crippen molar-refractivity contribution in [2.75, 3.05) is 0 Å². The minimum atomic E-state index is -0.481. The minimum Gasteiger partial charge on any atom is -0.392 e. The van der Waals surface area contributed by atoms with E-state index in [4.69, 9.17) is 4.84 Å². The Balaban J connectivity index is 2.03. The van der Waals surface area contributed by atoms with Crippen molar-refractivity contribution in [2.45, 2.75) is 37.9 Å². The average Bonchev–Trinajstić information content (AvgIpc) is 2.62. The van der Waals surface area contributed by atoms with Crippen LogP contribution >= 0.6 is 0 Å². The van der Waals surface area contributed by atoms with E-state index in [1.165, 1.54) is 6.42 Å². The molecule has 0 spiro atoms. The van der Waals surface area contributed by atoms with Crippen LogP contribution in [0.1, 0.15) is 25.7 Å². The Kier molecular flexibility index (Phi) is 2.36. The van der Waals surface area contributed by atoms with E-state index in [0.29, 0.717) is 12.3 Å². The van der Waals surface area contributed by atoms with Crippen LogP contribution in [0.15, 0.2) is 17.8 Å². The number of rotatable bonds is 3. The lowest BCUT2D eigenvalue weighted by Crippen LogP contribution is -2.27. The first-order valence-corrected chi connectivity index (χ1v) is 4.85. The molecule has 1 aliphatic heterocycles. The maximum absolute atomic E-state index is 9.71. The van der Waals surface area contributed by atoms with E-state index in [1.807, 2.05) is 0 Å². The van der Waals surface area contributed by atoms with Crippen LogP contribution in [-0.2, 0) is 4.84 Å². The van der Waals surface area contributed by atoms with Crippen LogP contribution in [0.4, 0.5) is 0 Å². The van der Waals surface area contributed by atoms with Crippen LogP contribution in [0.3, 0.4) is 0 Å². The third kappa shape index (κ3) is 1.48. The van der Waals surface area contributed by atoms with Crippen molar-refractivity contribution in [2.24, 2.45) is 11.1 Å². The lowest BCUT2D eigenvalue weighted by Gasteiger charge is -2.12. The number of fused-ring (bicyclic) bond motifs is 1. The lowest BCUT2D eigenvalue weighted by molar-refractivity contribution is 0.0746.